The molecule has 108 valence electrons. The van der Waals surface area contributed by atoms with E-state index in [0.29, 0.717) is 15.9 Å². The average molecular weight is 407 g/mol. The minimum absolute atomic E-state index is 0.154. The molecule has 0 bridgehead atoms. The van der Waals surface area contributed by atoms with E-state index in [1.165, 1.54) is 0 Å². The van der Waals surface area contributed by atoms with Gasteiger partial charge in [0.05, 0.1) is 14.5 Å². The molecule has 1 aromatic carbocycles. The van der Waals surface area contributed by atoms with Crippen LogP contribution in [0.3, 0.4) is 0 Å². The lowest BCUT2D eigenvalue weighted by Gasteiger charge is -2.07. The fourth-order valence-corrected chi connectivity index (χ4v) is 4.73. The molecule has 0 aliphatic heterocycles. The van der Waals surface area contributed by atoms with E-state index in [2.05, 4.69) is 15.9 Å². The van der Waals surface area contributed by atoms with Crippen molar-refractivity contribution in [3.8, 4) is 0 Å². The zero-order valence-corrected chi connectivity index (χ0v) is 13.2. The maximum Gasteiger partial charge on any atom is 0.271 e. The quantitative estimate of drug-likeness (QED) is 0.769. The van der Waals surface area contributed by atoms with Crippen LogP contribution >= 0.6 is 38.9 Å². The molecular formula is C10H4BrClF3NO2S2. The minimum Gasteiger partial charge on any atom is -0.276 e. The summed E-state index contributed by atoms with van der Waals surface area (Å²) in [7, 11) is -4.19. The number of sulfonamides is 1. The minimum atomic E-state index is -4.19. The number of anilines is 1. The van der Waals surface area contributed by atoms with Gasteiger partial charge in [0, 0.05) is 12.1 Å². The Balaban J connectivity index is 2.43. The fraction of sp³-hybridized carbons (Fsp3) is 0. The molecule has 20 heavy (non-hydrogen) atoms. The highest BCUT2D eigenvalue weighted by Gasteiger charge is 2.22. The Hall–Kier alpha value is -0.770. The molecule has 0 aliphatic carbocycles. The summed E-state index contributed by atoms with van der Waals surface area (Å²) in [5.74, 6) is -4.09. The van der Waals surface area contributed by atoms with Gasteiger partial charge in [0.15, 0.2) is 11.6 Å². The summed E-state index contributed by atoms with van der Waals surface area (Å²) in [6.45, 7) is 0. The number of hydrogen-bond donors (Lipinski definition) is 1. The number of thiophene rings is 1. The molecular weight excluding hydrogens is 403 g/mol. The van der Waals surface area contributed by atoms with Crippen molar-refractivity contribution in [3.63, 3.8) is 0 Å². The summed E-state index contributed by atoms with van der Waals surface area (Å²) in [4.78, 5) is 0. The van der Waals surface area contributed by atoms with Gasteiger partial charge in [-0.05, 0) is 22.0 Å². The van der Waals surface area contributed by atoms with E-state index in [1.807, 2.05) is 0 Å². The van der Waals surface area contributed by atoms with Gasteiger partial charge in [0.1, 0.15) is 10.0 Å². The SMILES string of the molecule is O=S(=O)(Nc1cc(F)cc(F)c1F)c1cc(Cl)c(Br)s1. The molecule has 1 heterocycles. The second-order valence-corrected chi connectivity index (χ2v) is 8.23. The normalized spacial score (nSPS) is 11.7. The second-order valence-electron chi connectivity index (χ2n) is 3.54. The van der Waals surface area contributed by atoms with Crippen molar-refractivity contribution in [3.05, 3.63) is 44.5 Å². The summed E-state index contributed by atoms with van der Waals surface area (Å²) in [6, 6.07) is 1.98. The first-order valence-corrected chi connectivity index (χ1v) is 8.30. The van der Waals surface area contributed by atoms with Gasteiger partial charge in [-0.25, -0.2) is 21.6 Å². The molecule has 0 unspecified atom stereocenters. The molecule has 2 rings (SSSR count). The average Bonchev–Trinajstić information content (AvgIpc) is 2.66. The molecule has 0 spiro atoms. The first-order valence-electron chi connectivity index (χ1n) is 4.83. The van der Waals surface area contributed by atoms with Crippen LogP contribution in [0.4, 0.5) is 18.9 Å². The first kappa shape index (κ1) is 15.6. The number of hydrogen-bond acceptors (Lipinski definition) is 3. The molecule has 0 radical (unpaired) electrons. The van der Waals surface area contributed by atoms with Crippen LogP contribution in [0.1, 0.15) is 0 Å². The predicted molar refractivity (Wildman–Crippen MR) is 74.2 cm³/mol. The third-order valence-electron chi connectivity index (χ3n) is 2.12. The Labute approximate surface area is 129 Å². The van der Waals surface area contributed by atoms with E-state index in [1.54, 1.807) is 4.72 Å². The van der Waals surface area contributed by atoms with Crippen LogP contribution in [-0.2, 0) is 10.0 Å². The van der Waals surface area contributed by atoms with Gasteiger partial charge >= 0.3 is 0 Å². The number of halogens is 5. The molecule has 10 heteroatoms. The monoisotopic (exact) mass is 405 g/mol. The van der Waals surface area contributed by atoms with Gasteiger partial charge in [-0.2, -0.15) is 0 Å². The molecule has 0 saturated heterocycles. The van der Waals surface area contributed by atoms with Gasteiger partial charge < -0.3 is 0 Å². The van der Waals surface area contributed by atoms with Gasteiger partial charge in [0.2, 0.25) is 0 Å². The van der Waals surface area contributed by atoms with Crippen LogP contribution in [0.15, 0.2) is 26.2 Å². The fourth-order valence-electron chi connectivity index (χ4n) is 1.28. The summed E-state index contributed by atoms with van der Waals surface area (Å²) in [6.07, 6.45) is 0. The molecule has 0 atom stereocenters. The standard InChI is InChI=1S/C10H4BrClF3NO2S2/c11-10-5(12)3-8(19-10)20(17,18)16-7-2-4(13)1-6(14)9(7)15/h1-3,16H. The lowest BCUT2D eigenvalue weighted by molar-refractivity contribution is 0.498. The molecule has 0 aliphatic rings. The van der Waals surface area contributed by atoms with E-state index >= 15 is 0 Å². The van der Waals surface area contributed by atoms with Crippen LogP contribution in [0.25, 0.3) is 0 Å². The number of rotatable bonds is 3. The molecule has 0 saturated carbocycles. The highest BCUT2D eigenvalue weighted by atomic mass is 79.9. The van der Waals surface area contributed by atoms with Crippen molar-refractivity contribution >= 4 is 54.6 Å². The van der Waals surface area contributed by atoms with Crippen LogP contribution in [0, 0.1) is 17.5 Å². The van der Waals surface area contributed by atoms with Gasteiger partial charge in [-0.1, -0.05) is 11.6 Å². The zero-order valence-electron chi connectivity index (χ0n) is 9.25. The maximum atomic E-state index is 13.4. The predicted octanol–water partition coefficient (Wildman–Crippen LogP) is 4.38. The zero-order chi connectivity index (χ0) is 15.1. The molecule has 0 fully saturated rings. The molecule has 1 N–H and O–H groups in total. The van der Waals surface area contributed by atoms with Crippen LogP contribution in [0.5, 0.6) is 0 Å². The summed E-state index contributed by atoms with van der Waals surface area (Å²) >= 11 is 9.51. The van der Waals surface area contributed by atoms with Crippen molar-refractivity contribution in [2.45, 2.75) is 4.21 Å². The van der Waals surface area contributed by atoms with Gasteiger partial charge in [-0.15, -0.1) is 11.3 Å². The van der Waals surface area contributed by atoms with E-state index in [0.717, 1.165) is 17.4 Å². The Bertz CT molecular complexity index is 760. The topological polar surface area (TPSA) is 46.2 Å². The number of benzene rings is 1. The lowest BCUT2D eigenvalue weighted by Crippen LogP contribution is -2.13. The van der Waals surface area contributed by atoms with E-state index in [9.17, 15) is 21.6 Å². The summed E-state index contributed by atoms with van der Waals surface area (Å²) in [5, 5.41) is 0.154. The Morgan fingerprint density at radius 3 is 2.40 bits per heavy atom. The second kappa shape index (κ2) is 5.55. The van der Waals surface area contributed by atoms with Crippen molar-refractivity contribution in [2.24, 2.45) is 0 Å². The van der Waals surface area contributed by atoms with E-state index in [-0.39, 0.29) is 9.23 Å². The lowest BCUT2D eigenvalue weighted by atomic mass is 10.3. The summed E-state index contributed by atoms with van der Waals surface area (Å²) in [5.41, 5.74) is -0.817. The highest BCUT2D eigenvalue weighted by molar-refractivity contribution is 9.11. The van der Waals surface area contributed by atoms with E-state index in [4.69, 9.17) is 11.6 Å². The van der Waals surface area contributed by atoms with Crippen LogP contribution in [0.2, 0.25) is 5.02 Å². The third kappa shape index (κ3) is 3.11. The maximum absolute atomic E-state index is 13.4. The third-order valence-corrected chi connectivity index (χ3v) is 6.44. The highest BCUT2D eigenvalue weighted by Crippen LogP contribution is 2.35. The van der Waals surface area contributed by atoms with Gasteiger partial charge in [0.25, 0.3) is 10.0 Å². The Morgan fingerprint density at radius 2 is 1.85 bits per heavy atom. The largest absolute Gasteiger partial charge is 0.276 e. The smallest absolute Gasteiger partial charge is 0.271 e. The van der Waals surface area contributed by atoms with Crippen LogP contribution < -0.4 is 4.72 Å². The molecule has 2 aromatic rings. The van der Waals surface area contributed by atoms with Crippen molar-refractivity contribution < 1.29 is 21.6 Å². The molecule has 0 amide bonds. The van der Waals surface area contributed by atoms with E-state index < -0.39 is 33.2 Å². The molecule has 3 nitrogen and oxygen atoms in total. The van der Waals surface area contributed by atoms with Crippen LogP contribution in [-0.4, -0.2) is 8.42 Å². The first-order chi connectivity index (χ1) is 9.20. The van der Waals surface area contributed by atoms with Crippen molar-refractivity contribution in [2.75, 3.05) is 4.72 Å². The summed E-state index contributed by atoms with van der Waals surface area (Å²) < 4.78 is 65.2. The number of nitrogens with one attached hydrogen (secondary N) is 1. The van der Waals surface area contributed by atoms with Crippen molar-refractivity contribution in [1.29, 1.82) is 0 Å². The Kier molecular flexibility index (Phi) is 4.33. The molecule has 1 aromatic heterocycles. The Morgan fingerprint density at radius 1 is 1.20 bits per heavy atom. The van der Waals surface area contributed by atoms with Gasteiger partial charge in [-0.3, -0.25) is 4.72 Å². The van der Waals surface area contributed by atoms with Crippen molar-refractivity contribution in [1.82, 2.24) is 0 Å².